The zero-order valence-electron chi connectivity index (χ0n) is 12.0. The van der Waals surface area contributed by atoms with Crippen LogP contribution in [0, 0.1) is 13.8 Å². The lowest BCUT2D eigenvalue weighted by atomic mass is 9.93. The van der Waals surface area contributed by atoms with Gasteiger partial charge in [-0.05, 0) is 58.7 Å². The van der Waals surface area contributed by atoms with Crippen LogP contribution in [0.15, 0.2) is 42.5 Å². The summed E-state index contributed by atoms with van der Waals surface area (Å²) in [6.07, 6.45) is 0. The summed E-state index contributed by atoms with van der Waals surface area (Å²) in [6, 6.07) is 15.4. The van der Waals surface area contributed by atoms with Crippen molar-refractivity contribution in [3.05, 3.63) is 53.6 Å². The van der Waals surface area contributed by atoms with Crippen molar-refractivity contribution in [2.75, 3.05) is 19.0 Å². The molecule has 0 aliphatic heterocycles. The number of hydrogen-bond donors (Lipinski definition) is 0. The van der Waals surface area contributed by atoms with Crippen LogP contribution in [0.4, 0.5) is 5.69 Å². The van der Waals surface area contributed by atoms with Gasteiger partial charge in [-0.2, -0.15) is 0 Å². The number of anilines is 1. The van der Waals surface area contributed by atoms with E-state index in [0.717, 1.165) is 0 Å². The summed E-state index contributed by atoms with van der Waals surface area (Å²) in [5, 5.41) is 5.46. The molecular formula is C18H19N. The smallest absolute Gasteiger partial charge is 0.0367 e. The Labute approximate surface area is 114 Å². The minimum atomic E-state index is 1.25. The Balaban J connectivity index is 2.49. The van der Waals surface area contributed by atoms with E-state index < -0.39 is 0 Å². The molecule has 0 amide bonds. The zero-order valence-corrected chi connectivity index (χ0v) is 12.0. The van der Waals surface area contributed by atoms with Crippen molar-refractivity contribution < 1.29 is 0 Å². The van der Waals surface area contributed by atoms with Crippen LogP contribution in [-0.2, 0) is 0 Å². The fraction of sp³-hybridized carbons (Fsp3) is 0.222. The molecule has 0 heterocycles. The second-order valence-electron chi connectivity index (χ2n) is 5.42. The molecule has 1 heteroatoms. The third-order valence-corrected chi connectivity index (χ3v) is 4.06. The van der Waals surface area contributed by atoms with E-state index in [9.17, 15) is 0 Å². The largest absolute Gasteiger partial charge is 0.378 e. The molecular weight excluding hydrogens is 230 g/mol. The number of fused-ring (bicyclic) bond motifs is 2. The van der Waals surface area contributed by atoms with Gasteiger partial charge >= 0.3 is 0 Å². The molecule has 0 radical (unpaired) electrons. The molecule has 96 valence electrons. The van der Waals surface area contributed by atoms with Gasteiger partial charge in [0.2, 0.25) is 0 Å². The van der Waals surface area contributed by atoms with E-state index in [2.05, 4.69) is 75.3 Å². The first kappa shape index (κ1) is 12.0. The normalized spacial score (nSPS) is 11.2. The fourth-order valence-corrected chi connectivity index (χ4v) is 2.87. The SMILES string of the molecule is Cc1c2ccccc2c(C)c2cc(N(C)C)ccc12. The van der Waals surface area contributed by atoms with E-state index in [4.69, 9.17) is 0 Å². The summed E-state index contributed by atoms with van der Waals surface area (Å²) in [4.78, 5) is 2.16. The Bertz CT molecular complexity index is 769. The molecule has 1 nitrogen and oxygen atoms in total. The Morgan fingerprint density at radius 2 is 1.21 bits per heavy atom. The summed E-state index contributed by atoms with van der Waals surface area (Å²) in [5.74, 6) is 0. The van der Waals surface area contributed by atoms with Gasteiger partial charge in [0.05, 0.1) is 0 Å². The molecule has 0 aromatic heterocycles. The van der Waals surface area contributed by atoms with Crippen molar-refractivity contribution in [1.82, 2.24) is 0 Å². The summed E-state index contributed by atoms with van der Waals surface area (Å²) in [6.45, 7) is 4.45. The predicted octanol–water partition coefficient (Wildman–Crippen LogP) is 4.68. The molecule has 0 atom stereocenters. The quantitative estimate of drug-likeness (QED) is 0.566. The van der Waals surface area contributed by atoms with Crippen molar-refractivity contribution in [2.45, 2.75) is 13.8 Å². The number of rotatable bonds is 1. The average Bonchev–Trinajstić information content (AvgIpc) is 2.44. The molecule has 0 aliphatic carbocycles. The summed E-state index contributed by atoms with van der Waals surface area (Å²) < 4.78 is 0. The number of nitrogens with zero attached hydrogens (tertiary/aromatic N) is 1. The molecule has 0 fully saturated rings. The van der Waals surface area contributed by atoms with Crippen LogP contribution in [0.5, 0.6) is 0 Å². The van der Waals surface area contributed by atoms with E-state index >= 15 is 0 Å². The Hall–Kier alpha value is -2.02. The number of hydrogen-bond acceptors (Lipinski definition) is 1. The van der Waals surface area contributed by atoms with Gasteiger partial charge in [-0.25, -0.2) is 0 Å². The highest BCUT2D eigenvalue weighted by Gasteiger charge is 2.09. The molecule has 0 spiro atoms. The number of benzene rings is 3. The van der Waals surface area contributed by atoms with Gasteiger partial charge in [0.1, 0.15) is 0 Å². The van der Waals surface area contributed by atoms with Crippen molar-refractivity contribution in [1.29, 1.82) is 0 Å². The Morgan fingerprint density at radius 3 is 1.79 bits per heavy atom. The monoisotopic (exact) mass is 249 g/mol. The third-order valence-electron chi connectivity index (χ3n) is 4.06. The van der Waals surface area contributed by atoms with Gasteiger partial charge in [-0.15, -0.1) is 0 Å². The fourth-order valence-electron chi connectivity index (χ4n) is 2.87. The van der Waals surface area contributed by atoms with Crippen LogP contribution in [0.1, 0.15) is 11.1 Å². The average molecular weight is 249 g/mol. The van der Waals surface area contributed by atoms with E-state index in [1.807, 2.05) is 0 Å². The maximum atomic E-state index is 2.30. The van der Waals surface area contributed by atoms with Crippen LogP contribution in [0.3, 0.4) is 0 Å². The standard InChI is InChI=1S/C18H19N/c1-12-15-7-5-6-8-16(15)13(2)18-11-14(19(3)4)9-10-17(12)18/h5-11H,1-4H3. The first-order chi connectivity index (χ1) is 9.09. The van der Waals surface area contributed by atoms with E-state index in [1.54, 1.807) is 0 Å². The molecule has 3 aromatic rings. The Morgan fingerprint density at radius 1 is 0.684 bits per heavy atom. The highest BCUT2D eigenvalue weighted by molar-refractivity contribution is 6.06. The van der Waals surface area contributed by atoms with Gasteiger partial charge < -0.3 is 4.90 Å². The van der Waals surface area contributed by atoms with Gasteiger partial charge in [0, 0.05) is 19.8 Å². The van der Waals surface area contributed by atoms with Crippen LogP contribution in [-0.4, -0.2) is 14.1 Å². The van der Waals surface area contributed by atoms with E-state index in [0.29, 0.717) is 0 Å². The third kappa shape index (κ3) is 1.77. The van der Waals surface area contributed by atoms with E-state index in [-0.39, 0.29) is 0 Å². The summed E-state index contributed by atoms with van der Waals surface area (Å²) >= 11 is 0. The minimum absolute atomic E-state index is 1.25. The molecule has 3 aromatic carbocycles. The van der Waals surface area contributed by atoms with Crippen molar-refractivity contribution in [2.24, 2.45) is 0 Å². The number of aryl methyl sites for hydroxylation is 2. The molecule has 0 aliphatic rings. The maximum absolute atomic E-state index is 2.30. The topological polar surface area (TPSA) is 3.24 Å². The second-order valence-corrected chi connectivity index (χ2v) is 5.42. The first-order valence-electron chi connectivity index (χ1n) is 6.68. The van der Waals surface area contributed by atoms with Gasteiger partial charge in [0.25, 0.3) is 0 Å². The molecule has 0 saturated heterocycles. The van der Waals surface area contributed by atoms with Crippen LogP contribution in [0.25, 0.3) is 21.5 Å². The molecule has 0 unspecified atom stereocenters. The minimum Gasteiger partial charge on any atom is -0.378 e. The first-order valence-corrected chi connectivity index (χ1v) is 6.68. The van der Waals surface area contributed by atoms with Crippen molar-refractivity contribution in [3.8, 4) is 0 Å². The van der Waals surface area contributed by atoms with E-state index in [1.165, 1.54) is 38.4 Å². The van der Waals surface area contributed by atoms with Gasteiger partial charge in [0.15, 0.2) is 0 Å². The maximum Gasteiger partial charge on any atom is 0.0367 e. The van der Waals surface area contributed by atoms with Gasteiger partial charge in [-0.1, -0.05) is 30.3 Å². The zero-order chi connectivity index (χ0) is 13.6. The predicted molar refractivity (Wildman–Crippen MR) is 85.3 cm³/mol. The molecule has 19 heavy (non-hydrogen) atoms. The molecule has 0 N–H and O–H groups in total. The molecule has 3 rings (SSSR count). The second kappa shape index (κ2) is 4.27. The molecule has 0 saturated carbocycles. The van der Waals surface area contributed by atoms with Crippen LogP contribution in [0.2, 0.25) is 0 Å². The lowest BCUT2D eigenvalue weighted by molar-refractivity contribution is 1.13. The van der Waals surface area contributed by atoms with Crippen molar-refractivity contribution in [3.63, 3.8) is 0 Å². The van der Waals surface area contributed by atoms with Crippen LogP contribution < -0.4 is 4.90 Å². The van der Waals surface area contributed by atoms with Gasteiger partial charge in [-0.3, -0.25) is 0 Å². The molecule has 0 bridgehead atoms. The summed E-state index contributed by atoms with van der Waals surface area (Å²) in [7, 11) is 4.18. The van der Waals surface area contributed by atoms with Crippen molar-refractivity contribution >= 4 is 27.2 Å². The lowest BCUT2D eigenvalue weighted by Gasteiger charge is -2.16. The van der Waals surface area contributed by atoms with Crippen LogP contribution >= 0.6 is 0 Å². The highest BCUT2D eigenvalue weighted by Crippen LogP contribution is 2.33. The summed E-state index contributed by atoms with van der Waals surface area (Å²) in [5.41, 5.74) is 4.01. The lowest BCUT2D eigenvalue weighted by Crippen LogP contribution is -2.08. The Kier molecular flexibility index (Phi) is 2.70. The highest BCUT2D eigenvalue weighted by atomic mass is 15.1.